The van der Waals surface area contributed by atoms with Crippen LogP contribution in [0.3, 0.4) is 0 Å². The zero-order valence-corrected chi connectivity index (χ0v) is 10.4. The minimum Gasteiger partial charge on any atom is -0.291 e. The van der Waals surface area contributed by atoms with E-state index in [-0.39, 0.29) is 0 Å². The molecule has 2 aliphatic heterocycles. The standard InChI is InChI=1S/C17H17N/c1-2-6-13(7-3-1)16-10-11-18-12-14-8-4-5-9-15(14)17(16)18/h1-9,16-17H,10-12H2. The Balaban J connectivity index is 1.77. The van der Waals surface area contributed by atoms with E-state index in [0.717, 1.165) is 6.54 Å². The molecule has 0 N–H and O–H groups in total. The molecule has 1 saturated heterocycles. The quantitative estimate of drug-likeness (QED) is 0.728. The lowest BCUT2D eigenvalue weighted by atomic mass is 9.87. The van der Waals surface area contributed by atoms with E-state index >= 15 is 0 Å². The zero-order valence-electron chi connectivity index (χ0n) is 10.4. The van der Waals surface area contributed by atoms with E-state index in [4.69, 9.17) is 0 Å². The second-order valence-corrected chi connectivity index (χ2v) is 5.42. The molecular weight excluding hydrogens is 218 g/mol. The second-order valence-electron chi connectivity index (χ2n) is 5.42. The van der Waals surface area contributed by atoms with E-state index in [1.807, 2.05) is 0 Å². The maximum Gasteiger partial charge on any atom is 0.0423 e. The van der Waals surface area contributed by atoms with Crippen LogP contribution in [0.4, 0.5) is 0 Å². The van der Waals surface area contributed by atoms with Crippen molar-refractivity contribution in [1.82, 2.24) is 4.90 Å². The van der Waals surface area contributed by atoms with Gasteiger partial charge in [-0.15, -0.1) is 0 Å². The Hall–Kier alpha value is -1.60. The Bertz CT molecular complexity index is 561. The molecule has 0 radical (unpaired) electrons. The molecule has 0 saturated carbocycles. The van der Waals surface area contributed by atoms with Crippen molar-refractivity contribution < 1.29 is 0 Å². The molecule has 1 heteroatoms. The number of hydrogen-bond acceptors (Lipinski definition) is 1. The summed E-state index contributed by atoms with van der Waals surface area (Å²) in [5, 5.41) is 0. The van der Waals surface area contributed by atoms with Gasteiger partial charge in [0, 0.05) is 18.5 Å². The van der Waals surface area contributed by atoms with Gasteiger partial charge in [-0.05, 0) is 29.7 Å². The van der Waals surface area contributed by atoms with Crippen LogP contribution in [-0.2, 0) is 6.54 Å². The fourth-order valence-corrected chi connectivity index (χ4v) is 3.68. The molecule has 2 atom stereocenters. The molecule has 1 nitrogen and oxygen atoms in total. The molecule has 0 bridgehead atoms. The fraction of sp³-hybridized carbons (Fsp3) is 0.294. The Kier molecular flexibility index (Phi) is 2.27. The van der Waals surface area contributed by atoms with Crippen LogP contribution in [0.15, 0.2) is 54.6 Å². The van der Waals surface area contributed by atoms with Gasteiger partial charge in [0.15, 0.2) is 0 Å². The van der Waals surface area contributed by atoms with Gasteiger partial charge < -0.3 is 0 Å². The predicted octanol–water partition coefficient (Wildman–Crippen LogP) is 3.73. The van der Waals surface area contributed by atoms with Crippen molar-refractivity contribution in [3.8, 4) is 0 Å². The lowest BCUT2D eigenvalue weighted by Gasteiger charge is -2.21. The van der Waals surface area contributed by atoms with Crippen molar-refractivity contribution in [1.29, 1.82) is 0 Å². The molecule has 18 heavy (non-hydrogen) atoms. The van der Waals surface area contributed by atoms with Crippen LogP contribution in [0.2, 0.25) is 0 Å². The minimum absolute atomic E-state index is 0.614. The molecule has 2 aromatic rings. The van der Waals surface area contributed by atoms with Crippen molar-refractivity contribution in [2.75, 3.05) is 6.54 Å². The third kappa shape index (κ3) is 1.44. The number of benzene rings is 2. The molecule has 2 aliphatic rings. The van der Waals surface area contributed by atoms with Gasteiger partial charge in [0.2, 0.25) is 0 Å². The number of nitrogens with zero attached hydrogens (tertiary/aromatic N) is 1. The first-order chi connectivity index (χ1) is 8.93. The molecule has 0 amide bonds. The molecule has 4 rings (SSSR count). The number of fused-ring (bicyclic) bond motifs is 3. The van der Waals surface area contributed by atoms with Gasteiger partial charge in [-0.2, -0.15) is 0 Å². The van der Waals surface area contributed by atoms with E-state index in [2.05, 4.69) is 59.5 Å². The normalized spacial score (nSPS) is 26.0. The van der Waals surface area contributed by atoms with Crippen LogP contribution in [-0.4, -0.2) is 11.4 Å². The van der Waals surface area contributed by atoms with Gasteiger partial charge in [0.05, 0.1) is 0 Å². The molecule has 2 aromatic carbocycles. The molecule has 0 aromatic heterocycles. The summed E-state index contributed by atoms with van der Waals surface area (Å²) < 4.78 is 0. The minimum atomic E-state index is 0.614. The molecular formula is C17H17N. The molecule has 0 aliphatic carbocycles. The Morgan fingerprint density at radius 3 is 2.56 bits per heavy atom. The summed E-state index contributed by atoms with van der Waals surface area (Å²) in [5.74, 6) is 0.676. The topological polar surface area (TPSA) is 3.24 Å². The third-order valence-corrected chi connectivity index (χ3v) is 4.48. The van der Waals surface area contributed by atoms with E-state index < -0.39 is 0 Å². The predicted molar refractivity (Wildman–Crippen MR) is 73.4 cm³/mol. The summed E-state index contributed by atoms with van der Waals surface area (Å²) in [6, 6.07) is 20.6. The smallest absolute Gasteiger partial charge is 0.0423 e. The number of hydrogen-bond donors (Lipinski definition) is 0. The zero-order chi connectivity index (χ0) is 11.9. The molecule has 1 fully saturated rings. The van der Waals surface area contributed by atoms with Gasteiger partial charge in [-0.1, -0.05) is 54.6 Å². The van der Waals surface area contributed by atoms with Crippen LogP contribution < -0.4 is 0 Å². The first-order valence-electron chi connectivity index (χ1n) is 6.80. The van der Waals surface area contributed by atoms with E-state index in [9.17, 15) is 0 Å². The summed E-state index contributed by atoms with van der Waals surface area (Å²) in [5.41, 5.74) is 4.59. The maximum atomic E-state index is 2.64. The van der Waals surface area contributed by atoms with Crippen LogP contribution in [0.25, 0.3) is 0 Å². The molecule has 0 spiro atoms. The largest absolute Gasteiger partial charge is 0.291 e. The van der Waals surface area contributed by atoms with Gasteiger partial charge in [0.25, 0.3) is 0 Å². The Labute approximate surface area is 108 Å². The van der Waals surface area contributed by atoms with Crippen molar-refractivity contribution in [2.24, 2.45) is 0 Å². The highest BCUT2D eigenvalue weighted by atomic mass is 15.2. The van der Waals surface area contributed by atoms with Gasteiger partial charge in [-0.3, -0.25) is 4.90 Å². The Morgan fingerprint density at radius 1 is 0.889 bits per heavy atom. The van der Waals surface area contributed by atoms with E-state index in [0.29, 0.717) is 12.0 Å². The van der Waals surface area contributed by atoms with Crippen molar-refractivity contribution in [3.05, 3.63) is 71.3 Å². The molecule has 90 valence electrons. The average molecular weight is 235 g/mol. The monoisotopic (exact) mass is 235 g/mol. The highest BCUT2D eigenvalue weighted by Crippen LogP contribution is 2.49. The van der Waals surface area contributed by atoms with E-state index in [1.54, 1.807) is 5.56 Å². The SMILES string of the molecule is c1ccc(C2CCN3Cc4ccccc4C23)cc1. The maximum absolute atomic E-state index is 2.64. The summed E-state index contributed by atoms with van der Waals surface area (Å²) in [6.07, 6.45) is 1.29. The number of rotatable bonds is 1. The molecule has 2 unspecified atom stereocenters. The fourth-order valence-electron chi connectivity index (χ4n) is 3.68. The second kappa shape index (κ2) is 3.96. The third-order valence-electron chi connectivity index (χ3n) is 4.48. The summed E-state index contributed by atoms with van der Waals surface area (Å²) in [4.78, 5) is 2.64. The van der Waals surface area contributed by atoms with Crippen molar-refractivity contribution >= 4 is 0 Å². The van der Waals surface area contributed by atoms with Gasteiger partial charge in [-0.25, -0.2) is 0 Å². The van der Waals surface area contributed by atoms with E-state index in [1.165, 1.54) is 24.1 Å². The van der Waals surface area contributed by atoms with Crippen LogP contribution >= 0.6 is 0 Å². The van der Waals surface area contributed by atoms with Gasteiger partial charge >= 0.3 is 0 Å². The summed E-state index contributed by atoms with van der Waals surface area (Å²) in [6.45, 7) is 2.38. The molecule has 2 heterocycles. The Morgan fingerprint density at radius 2 is 1.67 bits per heavy atom. The van der Waals surface area contributed by atoms with Crippen LogP contribution in [0.1, 0.15) is 35.1 Å². The lowest BCUT2D eigenvalue weighted by molar-refractivity contribution is 0.271. The van der Waals surface area contributed by atoms with Crippen LogP contribution in [0, 0.1) is 0 Å². The lowest BCUT2D eigenvalue weighted by Crippen LogP contribution is -2.16. The highest BCUT2D eigenvalue weighted by Gasteiger charge is 2.40. The van der Waals surface area contributed by atoms with Crippen molar-refractivity contribution in [3.63, 3.8) is 0 Å². The first kappa shape index (κ1) is 10.3. The highest BCUT2D eigenvalue weighted by molar-refractivity contribution is 5.39. The summed E-state index contributed by atoms with van der Waals surface area (Å²) in [7, 11) is 0. The first-order valence-corrected chi connectivity index (χ1v) is 6.80. The van der Waals surface area contributed by atoms with Gasteiger partial charge in [0.1, 0.15) is 0 Å². The van der Waals surface area contributed by atoms with Crippen molar-refractivity contribution in [2.45, 2.75) is 24.9 Å². The summed E-state index contributed by atoms with van der Waals surface area (Å²) >= 11 is 0. The van der Waals surface area contributed by atoms with Crippen LogP contribution in [0.5, 0.6) is 0 Å². The average Bonchev–Trinajstić information content (AvgIpc) is 2.98.